The lowest BCUT2D eigenvalue weighted by atomic mass is 9.98. The Morgan fingerprint density at radius 3 is 2.30 bits per heavy atom. The van der Waals surface area contributed by atoms with E-state index in [1.807, 2.05) is 30.5 Å². The first-order valence-corrected chi connectivity index (χ1v) is 12.6. The lowest BCUT2D eigenvalue weighted by Gasteiger charge is -2.36. The van der Waals surface area contributed by atoms with Gasteiger partial charge >= 0.3 is 0 Å². The minimum Gasteiger partial charge on any atom is -0.354 e. The van der Waals surface area contributed by atoms with E-state index in [0.29, 0.717) is 5.69 Å². The van der Waals surface area contributed by atoms with Gasteiger partial charge in [-0.05, 0) is 34.2 Å². The van der Waals surface area contributed by atoms with Gasteiger partial charge in [-0.1, -0.05) is 78.9 Å². The summed E-state index contributed by atoms with van der Waals surface area (Å²) in [6.07, 6.45) is 3.58. The maximum Gasteiger partial charge on any atom is 0.205 e. The molecule has 0 atom stereocenters. The van der Waals surface area contributed by atoms with Gasteiger partial charge in [-0.2, -0.15) is 0 Å². The molecule has 1 aliphatic rings. The van der Waals surface area contributed by atoms with Gasteiger partial charge in [0.1, 0.15) is 5.82 Å². The number of aromatic nitrogens is 2. The lowest BCUT2D eigenvalue weighted by Crippen LogP contribution is -2.46. The number of piperazine rings is 1. The maximum absolute atomic E-state index is 7.40. The average Bonchev–Trinajstić information content (AvgIpc) is 2.98. The molecule has 1 aliphatic heterocycles. The Kier molecular flexibility index (Phi) is 6.33. The Hall–Kier alpha value is -4.53. The monoisotopic (exact) mass is 481 g/mol. The van der Waals surface area contributed by atoms with E-state index in [1.165, 1.54) is 16.3 Å². The summed E-state index contributed by atoms with van der Waals surface area (Å²) >= 11 is 0. The van der Waals surface area contributed by atoms with Crippen molar-refractivity contribution in [3.05, 3.63) is 120 Å². The SMILES string of the molecule is [C-]#[N+]c1cnc(-c2ccc(CN3CCN(c4nccc5ccccc45)CC3)cc2)c(-c2ccccc2)c1. The van der Waals surface area contributed by atoms with Gasteiger partial charge in [0.25, 0.3) is 0 Å². The first kappa shape index (κ1) is 22.9. The van der Waals surface area contributed by atoms with Crippen molar-refractivity contribution >= 4 is 22.3 Å². The van der Waals surface area contributed by atoms with Gasteiger partial charge in [0, 0.05) is 56.1 Å². The van der Waals surface area contributed by atoms with Crippen LogP contribution in [0.5, 0.6) is 0 Å². The van der Waals surface area contributed by atoms with Crippen molar-refractivity contribution in [2.75, 3.05) is 31.1 Å². The molecule has 5 aromatic rings. The van der Waals surface area contributed by atoms with Crippen molar-refractivity contribution in [2.24, 2.45) is 0 Å². The summed E-state index contributed by atoms with van der Waals surface area (Å²) in [5.74, 6) is 1.09. The molecule has 3 aromatic carbocycles. The predicted molar refractivity (Wildman–Crippen MR) is 151 cm³/mol. The molecule has 3 heterocycles. The number of benzene rings is 3. The van der Waals surface area contributed by atoms with Crippen LogP contribution in [-0.2, 0) is 6.54 Å². The number of fused-ring (bicyclic) bond motifs is 1. The smallest absolute Gasteiger partial charge is 0.205 e. The topological polar surface area (TPSA) is 36.6 Å². The zero-order chi connectivity index (χ0) is 25.0. The first-order chi connectivity index (χ1) is 18.3. The summed E-state index contributed by atoms with van der Waals surface area (Å²) in [4.78, 5) is 17.9. The normalized spacial score (nSPS) is 14.0. The van der Waals surface area contributed by atoms with Gasteiger partial charge in [0.15, 0.2) is 0 Å². The Balaban J connectivity index is 1.15. The largest absolute Gasteiger partial charge is 0.354 e. The molecule has 0 unspecified atom stereocenters. The Bertz CT molecular complexity index is 1560. The first-order valence-electron chi connectivity index (χ1n) is 12.6. The van der Waals surface area contributed by atoms with Gasteiger partial charge < -0.3 is 4.90 Å². The summed E-state index contributed by atoms with van der Waals surface area (Å²) in [7, 11) is 0. The van der Waals surface area contributed by atoms with E-state index in [9.17, 15) is 0 Å². The van der Waals surface area contributed by atoms with E-state index in [2.05, 4.69) is 86.4 Å². The second kappa shape index (κ2) is 10.2. The molecule has 1 saturated heterocycles. The van der Waals surface area contributed by atoms with E-state index in [-0.39, 0.29) is 0 Å². The molecule has 5 heteroatoms. The van der Waals surface area contributed by atoms with E-state index in [0.717, 1.165) is 60.9 Å². The van der Waals surface area contributed by atoms with Crippen LogP contribution in [0, 0.1) is 6.57 Å². The van der Waals surface area contributed by atoms with Crippen molar-refractivity contribution in [1.82, 2.24) is 14.9 Å². The average molecular weight is 482 g/mol. The second-order valence-electron chi connectivity index (χ2n) is 9.38. The summed E-state index contributed by atoms with van der Waals surface area (Å²) < 4.78 is 0. The van der Waals surface area contributed by atoms with Crippen LogP contribution in [0.4, 0.5) is 11.5 Å². The standard InChI is InChI=1S/C32H27N5/c1-33-28-21-30(25-7-3-2-4-8-25)31(35-22-28)27-13-11-24(12-14-27)23-36-17-19-37(20-18-36)32-29-10-6-5-9-26(29)15-16-34-32/h2-16,21-22H,17-20,23H2. The van der Waals surface area contributed by atoms with Gasteiger partial charge in [0.2, 0.25) is 5.69 Å². The zero-order valence-electron chi connectivity index (χ0n) is 20.6. The summed E-state index contributed by atoms with van der Waals surface area (Å²) in [5, 5.41) is 2.46. The molecule has 0 aliphatic carbocycles. The fourth-order valence-corrected chi connectivity index (χ4v) is 5.08. The lowest BCUT2D eigenvalue weighted by molar-refractivity contribution is 0.249. The highest BCUT2D eigenvalue weighted by Gasteiger charge is 2.20. The molecule has 180 valence electrons. The molecule has 0 radical (unpaired) electrons. The van der Waals surface area contributed by atoms with E-state index in [4.69, 9.17) is 11.6 Å². The van der Waals surface area contributed by atoms with Gasteiger partial charge in [-0.15, -0.1) is 0 Å². The van der Waals surface area contributed by atoms with Gasteiger partial charge in [0.05, 0.1) is 12.3 Å². The number of nitrogens with zero attached hydrogens (tertiary/aromatic N) is 5. The third-order valence-electron chi connectivity index (χ3n) is 7.05. The highest BCUT2D eigenvalue weighted by molar-refractivity contribution is 5.92. The molecule has 0 bridgehead atoms. The number of anilines is 1. The minimum atomic E-state index is 0.553. The molecule has 0 spiro atoms. The third-order valence-corrected chi connectivity index (χ3v) is 7.05. The second-order valence-corrected chi connectivity index (χ2v) is 9.38. The van der Waals surface area contributed by atoms with Crippen molar-refractivity contribution in [3.8, 4) is 22.4 Å². The van der Waals surface area contributed by atoms with Crippen LogP contribution in [0.2, 0.25) is 0 Å². The summed E-state index contributed by atoms with van der Waals surface area (Å²) in [5.41, 5.74) is 5.86. The molecule has 2 aromatic heterocycles. The number of hydrogen-bond donors (Lipinski definition) is 0. The highest BCUT2D eigenvalue weighted by Crippen LogP contribution is 2.33. The fourth-order valence-electron chi connectivity index (χ4n) is 5.08. The Morgan fingerprint density at radius 1 is 0.757 bits per heavy atom. The molecule has 0 amide bonds. The number of hydrogen-bond acceptors (Lipinski definition) is 4. The van der Waals surface area contributed by atoms with Gasteiger partial charge in [-0.3, -0.25) is 9.88 Å². The predicted octanol–water partition coefficient (Wildman–Crippen LogP) is 6.84. The number of pyridine rings is 2. The van der Waals surface area contributed by atoms with E-state index in [1.54, 1.807) is 6.20 Å². The maximum atomic E-state index is 7.40. The van der Waals surface area contributed by atoms with E-state index >= 15 is 0 Å². The van der Waals surface area contributed by atoms with Crippen LogP contribution >= 0.6 is 0 Å². The van der Waals surface area contributed by atoms with Crippen LogP contribution in [0.1, 0.15) is 5.56 Å². The summed E-state index contributed by atoms with van der Waals surface area (Å²) in [6.45, 7) is 12.3. The quantitative estimate of drug-likeness (QED) is 0.258. The minimum absolute atomic E-state index is 0.553. The van der Waals surface area contributed by atoms with Crippen molar-refractivity contribution in [1.29, 1.82) is 0 Å². The van der Waals surface area contributed by atoms with Crippen LogP contribution in [0.25, 0.3) is 38.0 Å². The molecule has 6 rings (SSSR count). The van der Waals surface area contributed by atoms with Crippen LogP contribution < -0.4 is 4.90 Å². The van der Waals surface area contributed by atoms with E-state index < -0.39 is 0 Å². The fraction of sp³-hybridized carbons (Fsp3) is 0.156. The molecular weight excluding hydrogens is 454 g/mol. The molecule has 1 fully saturated rings. The van der Waals surface area contributed by atoms with Crippen LogP contribution in [0.15, 0.2) is 103 Å². The zero-order valence-corrected chi connectivity index (χ0v) is 20.6. The Labute approximate surface area is 217 Å². The highest BCUT2D eigenvalue weighted by atomic mass is 15.3. The molecule has 5 nitrogen and oxygen atoms in total. The van der Waals surface area contributed by atoms with Crippen molar-refractivity contribution in [3.63, 3.8) is 0 Å². The van der Waals surface area contributed by atoms with Gasteiger partial charge in [-0.25, -0.2) is 9.83 Å². The molecule has 37 heavy (non-hydrogen) atoms. The number of rotatable bonds is 5. The summed E-state index contributed by atoms with van der Waals surface area (Å²) in [6, 6.07) is 31.4. The van der Waals surface area contributed by atoms with Crippen LogP contribution in [0.3, 0.4) is 0 Å². The Morgan fingerprint density at radius 2 is 1.51 bits per heavy atom. The third kappa shape index (κ3) is 4.80. The van der Waals surface area contributed by atoms with Crippen molar-refractivity contribution < 1.29 is 0 Å². The molecule has 0 N–H and O–H groups in total. The molecule has 0 saturated carbocycles. The van der Waals surface area contributed by atoms with Crippen molar-refractivity contribution in [2.45, 2.75) is 6.54 Å². The van der Waals surface area contributed by atoms with Crippen LogP contribution in [-0.4, -0.2) is 41.0 Å². The molecular formula is C32H27N5.